The van der Waals surface area contributed by atoms with Gasteiger partial charge in [-0.05, 0) is 57.4 Å². The average Bonchev–Trinajstić information content (AvgIpc) is 2.32. The van der Waals surface area contributed by atoms with E-state index >= 15 is 0 Å². The second kappa shape index (κ2) is 4.95. The zero-order valence-corrected chi connectivity index (χ0v) is 11.8. The molecule has 1 saturated heterocycles. The topological polar surface area (TPSA) is 49.7 Å². The molecule has 0 aromatic heterocycles. The highest BCUT2D eigenvalue weighted by Crippen LogP contribution is 2.45. The average molecular weight is 254 g/mol. The van der Waals surface area contributed by atoms with Gasteiger partial charge in [-0.1, -0.05) is 13.0 Å². The normalized spacial score (nSPS) is 37.7. The van der Waals surface area contributed by atoms with Gasteiger partial charge >= 0.3 is 0 Å². The molecule has 1 heterocycles. The molecule has 3 atom stereocenters. The summed E-state index contributed by atoms with van der Waals surface area (Å²) in [5, 5.41) is 19.3. The lowest BCUT2D eigenvalue weighted by Crippen LogP contribution is -2.53. The highest BCUT2D eigenvalue weighted by molar-refractivity contribution is 5.13. The molecule has 0 bridgehead atoms. The Morgan fingerprint density at radius 2 is 2.17 bits per heavy atom. The molecule has 18 heavy (non-hydrogen) atoms. The van der Waals surface area contributed by atoms with Gasteiger partial charge in [-0.3, -0.25) is 0 Å². The first-order chi connectivity index (χ1) is 8.37. The van der Waals surface area contributed by atoms with Crippen molar-refractivity contribution in [2.75, 3.05) is 6.61 Å². The lowest BCUT2D eigenvalue weighted by Gasteiger charge is -2.50. The summed E-state index contributed by atoms with van der Waals surface area (Å²) in [5.41, 5.74) is 0.234. The monoisotopic (exact) mass is 254 g/mol. The highest BCUT2D eigenvalue weighted by Gasteiger charge is 2.46. The number of aliphatic hydroxyl groups excluding tert-OH is 1. The minimum absolute atomic E-state index is 0.0715. The molecule has 0 amide bonds. The van der Waals surface area contributed by atoms with Crippen molar-refractivity contribution in [2.45, 2.75) is 70.2 Å². The van der Waals surface area contributed by atoms with Crippen molar-refractivity contribution in [3.63, 3.8) is 0 Å². The Balaban J connectivity index is 2.13. The molecule has 2 aliphatic rings. The summed E-state index contributed by atoms with van der Waals surface area (Å²) in [6, 6.07) is 0. The van der Waals surface area contributed by atoms with Crippen LogP contribution in [0.3, 0.4) is 0 Å². The summed E-state index contributed by atoms with van der Waals surface area (Å²) < 4.78 is 6.31. The molecule has 2 rings (SSSR count). The first-order valence-electron chi connectivity index (χ1n) is 7.06. The zero-order valence-electron chi connectivity index (χ0n) is 11.8. The number of rotatable bonds is 2. The van der Waals surface area contributed by atoms with E-state index in [0.717, 1.165) is 37.7 Å². The van der Waals surface area contributed by atoms with E-state index < -0.39 is 5.60 Å². The third kappa shape index (κ3) is 2.63. The molecular weight excluding hydrogens is 228 g/mol. The largest absolute Gasteiger partial charge is 0.392 e. The maximum atomic E-state index is 10.2. The van der Waals surface area contributed by atoms with E-state index in [4.69, 9.17) is 4.74 Å². The van der Waals surface area contributed by atoms with Crippen LogP contribution in [0, 0.1) is 5.92 Å². The van der Waals surface area contributed by atoms with Crippen molar-refractivity contribution < 1.29 is 14.9 Å². The van der Waals surface area contributed by atoms with Crippen LogP contribution in [0.4, 0.5) is 0 Å². The molecule has 0 radical (unpaired) electrons. The molecule has 0 saturated carbocycles. The Morgan fingerprint density at radius 1 is 1.44 bits per heavy atom. The Bertz CT molecular complexity index is 329. The SMILES string of the molecule is C[C@H]1CC[C@@H](C(C)(C)O)O[C@@]12CC=C(CO)CC2. The highest BCUT2D eigenvalue weighted by atomic mass is 16.5. The first-order valence-corrected chi connectivity index (χ1v) is 7.06. The Kier molecular flexibility index (Phi) is 3.86. The van der Waals surface area contributed by atoms with E-state index in [1.807, 2.05) is 13.8 Å². The standard InChI is InChI=1S/C15H26O3/c1-11-4-5-13(14(2,3)17)18-15(11)8-6-12(10-16)7-9-15/h6,11,13,16-17H,4-5,7-10H2,1-3H3/t11-,13-,15+/m0/s1. The molecule has 104 valence electrons. The van der Waals surface area contributed by atoms with Crippen LogP contribution in [0.1, 0.15) is 52.9 Å². The molecule has 1 fully saturated rings. The van der Waals surface area contributed by atoms with Gasteiger partial charge in [0.05, 0.1) is 23.9 Å². The van der Waals surface area contributed by atoms with Crippen molar-refractivity contribution in [1.29, 1.82) is 0 Å². The van der Waals surface area contributed by atoms with Crippen LogP contribution >= 0.6 is 0 Å². The Morgan fingerprint density at radius 3 is 2.67 bits per heavy atom. The second-order valence-corrected chi connectivity index (χ2v) is 6.53. The van der Waals surface area contributed by atoms with Gasteiger partial charge in [0.25, 0.3) is 0 Å². The number of ether oxygens (including phenoxy) is 1. The molecule has 0 unspecified atom stereocenters. The van der Waals surface area contributed by atoms with Crippen molar-refractivity contribution in [2.24, 2.45) is 5.92 Å². The van der Waals surface area contributed by atoms with Crippen LogP contribution in [0.2, 0.25) is 0 Å². The maximum Gasteiger partial charge on any atom is 0.0864 e. The van der Waals surface area contributed by atoms with Crippen molar-refractivity contribution in [1.82, 2.24) is 0 Å². The van der Waals surface area contributed by atoms with Crippen molar-refractivity contribution in [3.8, 4) is 0 Å². The van der Waals surface area contributed by atoms with Crippen LogP contribution in [-0.2, 0) is 4.74 Å². The van der Waals surface area contributed by atoms with Gasteiger partial charge < -0.3 is 14.9 Å². The fourth-order valence-electron chi connectivity index (χ4n) is 3.21. The summed E-state index contributed by atoms with van der Waals surface area (Å²) in [5.74, 6) is 0.521. The number of aliphatic hydroxyl groups is 2. The summed E-state index contributed by atoms with van der Waals surface area (Å²) in [4.78, 5) is 0. The third-order valence-corrected chi connectivity index (χ3v) is 4.73. The molecule has 1 spiro atoms. The molecule has 3 nitrogen and oxygen atoms in total. The number of hydrogen-bond donors (Lipinski definition) is 2. The van der Waals surface area contributed by atoms with Gasteiger partial charge in [0.15, 0.2) is 0 Å². The fourth-order valence-corrected chi connectivity index (χ4v) is 3.21. The first kappa shape index (κ1) is 14.0. The predicted octanol–water partition coefficient (Wildman–Crippen LogP) is 2.41. The Hall–Kier alpha value is -0.380. The van der Waals surface area contributed by atoms with Crippen LogP contribution in [0.25, 0.3) is 0 Å². The van der Waals surface area contributed by atoms with E-state index in [2.05, 4.69) is 13.0 Å². The smallest absolute Gasteiger partial charge is 0.0864 e. The van der Waals surface area contributed by atoms with E-state index in [1.54, 1.807) is 0 Å². The molecule has 3 heteroatoms. The van der Waals surface area contributed by atoms with Gasteiger partial charge in [0.1, 0.15) is 0 Å². The second-order valence-electron chi connectivity index (χ2n) is 6.53. The van der Waals surface area contributed by atoms with E-state index in [0.29, 0.717) is 5.92 Å². The quantitative estimate of drug-likeness (QED) is 0.744. The van der Waals surface area contributed by atoms with Crippen LogP contribution in [0.15, 0.2) is 11.6 Å². The predicted molar refractivity (Wildman–Crippen MR) is 71.3 cm³/mol. The van der Waals surface area contributed by atoms with Gasteiger partial charge in [0.2, 0.25) is 0 Å². The Labute approximate surface area is 110 Å². The summed E-state index contributed by atoms with van der Waals surface area (Å²) >= 11 is 0. The van der Waals surface area contributed by atoms with E-state index in [1.165, 1.54) is 0 Å². The lowest BCUT2D eigenvalue weighted by atomic mass is 9.72. The van der Waals surface area contributed by atoms with Crippen LogP contribution in [0.5, 0.6) is 0 Å². The van der Waals surface area contributed by atoms with E-state index in [9.17, 15) is 10.2 Å². The molecular formula is C15H26O3. The molecule has 1 aliphatic carbocycles. The van der Waals surface area contributed by atoms with Gasteiger partial charge in [-0.15, -0.1) is 0 Å². The summed E-state index contributed by atoms with van der Waals surface area (Å²) in [7, 11) is 0. The molecule has 0 aromatic carbocycles. The van der Waals surface area contributed by atoms with Crippen molar-refractivity contribution >= 4 is 0 Å². The summed E-state index contributed by atoms with van der Waals surface area (Å²) in [6.07, 6.45) is 6.85. The number of hydrogen-bond acceptors (Lipinski definition) is 3. The summed E-state index contributed by atoms with van der Waals surface area (Å²) in [6.45, 7) is 6.08. The third-order valence-electron chi connectivity index (χ3n) is 4.73. The van der Waals surface area contributed by atoms with Crippen LogP contribution < -0.4 is 0 Å². The minimum Gasteiger partial charge on any atom is -0.392 e. The lowest BCUT2D eigenvalue weighted by molar-refractivity contribution is -0.213. The minimum atomic E-state index is -0.770. The zero-order chi connectivity index (χ0) is 13.4. The van der Waals surface area contributed by atoms with E-state index in [-0.39, 0.29) is 18.3 Å². The molecule has 0 aromatic rings. The molecule has 2 N–H and O–H groups in total. The maximum absolute atomic E-state index is 10.2. The van der Waals surface area contributed by atoms with Crippen LogP contribution in [-0.4, -0.2) is 34.1 Å². The van der Waals surface area contributed by atoms with Gasteiger partial charge in [0, 0.05) is 0 Å². The van der Waals surface area contributed by atoms with Gasteiger partial charge in [-0.2, -0.15) is 0 Å². The molecule has 1 aliphatic heterocycles. The van der Waals surface area contributed by atoms with Gasteiger partial charge in [-0.25, -0.2) is 0 Å². The fraction of sp³-hybridized carbons (Fsp3) is 0.867. The van der Waals surface area contributed by atoms with Crippen molar-refractivity contribution in [3.05, 3.63) is 11.6 Å².